The molecule has 3 aromatic rings. The van der Waals surface area contributed by atoms with E-state index in [9.17, 15) is 30.4 Å². The van der Waals surface area contributed by atoms with E-state index >= 15 is 0 Å². The SMILES string of the molecule is O=S(=O)(c1cccc(C(F)(F)F)c1)N1CCN(c2nc(Cc3ccc(F)c(F)c3)cs2)CC1. The van der Waals surface area contributed by atoms with Gasteiger partial charge >= 0.3 is 6.18 Å². The minimum Gasteiger partial charge on any atom is -0.345 e. The molecule has 0 bridgehead atoms. The first-order chi connectivity index (χ1) is 15.5. The van der Waals surface area contributed by atoms with Gasteiger partial charge < -0.3 is 4.90 Å². The van der Waals surface area contributed by atoms with Gasteiger partial charge in [-0.25, -0.2) is 22.2 Å². The van der Waals surface area contributed by atoms with Gasteiger partial charge in [0.25, 0.3) is 0 Å². The summed E-state index contributed by atoms with van der Waals surface area (Å²) in [7, 11) is -4.07. The molecule has 0 unspecified atom stereocenters. The van der Waals surface area contributed by atoms with E-state index in [0.717, 1.165) is 34.6 Å². The molecule has 2 heterocycles. The lowest BCUT2D eigenvalue weighted by Crippen LogP contribution is -2.48. The standard InChI is InChI=1S/C21H18F5N3O2S2/c22-18-5-4-14(11-19(18)23)10-16-13-32-20(27-16)28-6-8-29(9-7-28)33(30,31)17-3-1-2-15(12-17)21(24,25)26/h1-5,11-13H,6-10H2. The van der Waals surface area contributed by atoms with E-state index < -0.39 is 38.3 Å². The molecular weight excluding hydrogens is 485 g/mol. The highest BCUT2D eigenvalue weighted by atomic mass is 32.2. The largest absolute Gasteiger partial charge is 0.416 e. The van der Waals surface area contributed by atoms with Crippen molar-refractivity contribution in [1.29, 1.82) is 0 Å². The van der Waals surface area contributed by atoms with Crippen molar-refractivity contribution in [2.24, 2.45) is 0 Å². The number of sulfonamides is 1. The highest BCUT2D eigenvalue weighted by Gasteiger charge is 2.34. The molecule has 1 aromatic heterocycles. The Hall–Kier alpha value is -2.57. The predicted octanol–water partition coefficient (Wildman–Crippen LogP) is 4.54. The van der Waals surface area contributed by atoms with Gasteiger partial charge in [-0.15, -0.1) is 11.3 Å². The fourth-order valence-electron chi connectivity index (χ4n) is 3.48. The third-order valence-electron chi connectivity index (χ3n) is 5.22. The Morgan fingerprint density at radius 3 is 2.36 bits per heavy atom. The number of hydrogen-bond acceptors (Lipinski definition) is 5. The highest BCUT2D eigenvalue weighted by Crippen LogP contribution is 2.31. The maximum Gasteiger partial charge on any atom is 0.416 e. The molecule has 176 valence electrons. The van der Waals surface area contributed by atoms with Crippen LogP contribution in [-0.4, -0.2) is 43.9 Å². The molecule has 0 N–H and O–H groups in total. The minimum absolute atomic E-state index is 0.0939. The number of anilines is 1. The fourth-order valence-corrected chi connectivity index (χ4v) is 5.83. The van der Waals surface area contributed by atoms with Crippen molar-refractivity contribution in [3.8, 4) is 0 Å². The van der Waals surface area contributed by atoms with Gasteiger partial charge in [0.2, 0.25) is 10.0 Å². The lowest BCUT2D eigenvalue weighted by Gasteiger charge is -2.33. The Labute approximate surface area is 191 Å². The average molecular weight is 504 g/mol. The van der Waals surface area contributed by atoms with Crippen molar-refractivity contribution in [1.82, 2.24) is 9.29 Å². The van der Waals surface area contributed by atoms with Gasteiger partial charge in [-0.05, 0) is 35.9 Å². The summed E-state index contributed by atoms with van der Waals surface area (Å²) in [6, 6.07) is 7.37. The monoisotopic (exact) mass is 503 g/mol. The van der Waals surface area contributed by atoms with E-state index in [1.54, 1.807) is 5.38 Å². The number of halogens is 5. The van der Waals surface area contributed by atoms with Gasteiger partial charge in [-0.2, -0.15) is 17.5 Å². The second-order valence-corrected chi connectivity index (χ2v) is 10.2. The quantitative estimate of drug-likeness (QED) is 0.480. The molecule has 1 aliphatic rings. The molecule has 0 amide bonds. The number of hydrogen-bond donors (Lipinski definition) is 0. The topological polar surface area (TPSA) is 53.5 Å². The third-order valence-corrected chi connectivity index (χ3v) is 8.06. The smallest absolute Gasteiger partial charge is 0.345 e. The second kappa shape index (κ2) is 8.99. The average Bonchev–Trinajstić information content (AvgIpc) is 3.24. The number of nitrogens with zero attached hydrogens (tertiary/aromatic N) is 3. The van der Waals surface area contributed by atoms with Gasteiger partial charge in [-0.3, -0.25) is 0 Å². The summed E-state index contributed by atoms with van der Waals surface area (Å²) >= 11 is 1.35. The highest BCUT2D eigenvalue weighted by molar-refractivity contribution is 7.89. The summed E-state index contributed by atoms with van der Waals surface area (Å²) in [5, 5.41) is 2.45. The lowest BCUT2D eigenvalue weighted by atomic mass is 10.1. The molecule has 4 rings (SSSR count). The van der Waals surface area contributed by atoms with Crippen LogP contribution in [0.1, 0.15) is 16.8 Å². The van der Waals surface area contributed by atoms with Crippen molar-refractivity contribution < 1.29 is 30.4 Å². The number of alkyl halides is 3. The lowest BCUT2D eigenvalue weighted by molar-refractivity contribution is -0.137. The molecule has 0 aliphatic carbocycles. The molecular formula is C21H18F5N3O2S2. The zero-order valence-corrected chi connectivity index (χ0v) is 18.7. The molecule has 1 saturated heterocycles. The summed E-state index contributed by atoms with van der Waals surface area (Å²) in [5.74, 6) is -1.85. The normalized spacial score (nSPS) is 15.7. The van der Waals surface area contributed by atoms with Crippen molar-refractivity contribution in [3.63, 3.8) is 0 Å². The fraction of sp³-hybridized carbons (Fsp3) is 0.286. The molecule has 1 aliphatic heterocycles. The molecule has 12 heteroatoms. The van der Waals surface area contributed by atoms with Gasteiger partial charge in [0.1, 0.15) is 0 Å². The van der Waals surface area contributed by atoms with Crippen LogP contribution in [0.15, 0.2) is 52.7 Å². The first kappa shape index (κ1) is 23.6. The summed E-state index contributed by atoms with van der Waals surface area (Å²) < 4.78 is 92.2. The van der Waals surface area contributed by atoms with Crippen LogP contribution in [0.25, 0.3) is 0 Å². The molecule has 0 atom stereocenters. The minimum atomic E-state index is -4.63. The van der Waals surface area contributed by atoms with Crippen LogP contribution in [0, 0.1) is 11.6 Å². The summed E-state index contributed by atoms with van der Waals surface area (Å²) in [6.45, 7) is 0.819. The number of rotatable bonds is 5. The van der Waals surface area contributed by atoms with Crippen LogP contribution in [0.4, 0.5) is 27.1 Å². The molecule has 2 aromatic carbocycles. The molecule has 1 fully saturated rings. The van der Waals surface area contributed by atoms with Crippen LogP contribution >= 0.6 is 11.3 Å². The van der Waals surface area contributed by atoms with Crippen LogP contribution in [0.3, 0.4) is 0 Å². The Morgan fingerprint density at radius 2 is 1.70 bits per heavy atom. The molecule has 33 heavy (non-hydrogen) atoms. The third kappa shape index (κ3) is 5.17. The Balaban J connectivity index is 1.41. The number of piperazine rings is 1. The first-order valence-electron chi connectivity index (χ1n) is 9.85. The number of benzene rings is 2. The van der Waals surface area contributed by atoms with Crippen molar-refractivity contribution in [2.45, 2.75) is 17.5 Å². The van der Waals surface area contributed by atoms with E-state index in [1.165, 1.54) is 17.4 Å². The Bertz CT molecular complexity index is 1250. The van der Waals surface area contributed by atoms with Crippen LogP contribution in [0.2, 0.25) is 0 Å². The maximum absolute atomic E-state index is 13.4. The summed E-state index contributed by atoms with van der Waals surface area (Å²) in [5.41, 5.74) is 0.223. The molecule has 0 spiro atoms. The van der Waals surface area contributed by atoms with Gasteiger partial charge in [0.15, 0.2) is 16.8 Å². The Kier molecular flexibility index (Phi) is 6.43. The van der Waals surface area contributed by atoms with Crippen molar-refractivity contribution >= 4 is 26.5 Å². The summed E-state index contributed by atoms with van der Waals surface area (Å²) in [4.78, 5) is 5.99. The second-order valence-electron chi connectivity index (χ2n) is 7.46. The van der Waals surface area contributed by atoms with Gasteiger partial charge in [-0.1, -0.05) is 12.1 Å². The van der Waals surface area contributed by atoms with Crippen LogP contribution in [-0.2, 0) is 22.6 Å². The van der Waals surface area contributed by atoms with E-state index in [-0.39, 0.29) is 13.1 Å². The number of aromatic nitrogens is 1. The maximum atomic E-state index is 13.4. The van der Waals surface area contributed by atoms with Crippen molar-refractivity contribution in [2.75, 3.05) is 31.1 Å². The zero-order chi connectivity index (χ0) is 23.8. The van der Waals surface area contributed by atoms with E-state index in [4.69, 9.17) is 0 Å². The van der Waals surface area contributed by atoms with Crippen molar-refractivity contribution in [3.05, 3.63) is 76.3 Å². The molecule has 0 saturated carbocycles. The van der Waals surface area contributed by atoms with E-state index in [1.807, 2.05) is 4.90 Å². The number of thiazole rings is 1. The van der Waals surface area contributed by atoms with Crippen LogP contribution < -0.4 is 4.90 Å². The van der Waals surface area contributed by atoms with Crippen LogP contribution in [0.5, 0.6) is 0 Å². The molecule has 0 radical (unpaired) electrons. The first-order valence-corrected chi connectivity index (χ1v) is 12.2. The summed E-state index contributed by atoms with van der Waals surface area (Å²) in [6.07, 6.45) is -4.32. The molecule has 5 nitrogen and oxygen atoms in total. The Morgan fingerprint density at radius 1 is 0.970 bits per heavy atom. The predicted molar refractivity (Wildman–Crippen MR) is 114 cm³/mol. The van der Waals surface area contributed by atoms with E-state index in [2.05, 4.69) is 4.98 Å². The van der Waals surface area contributed by atoms with Gasteiger partial charge in [0, 0.05) is 38.0 Å². The zero-order valence-electron chi connectivity index (χ0n) is 17.0. The van der Waals surface area contributed by atoms with E-state index in [0.29, 0.717) is 42.0 Å². The van der Waals surface area contributed by atoms with Gasteiger partial charge in [0.05, 0.1) is 16.2 Å².